The molecule has 0 radical (unpaired) electrons. The Balaban J connectivity index is 2.04. The number of ketones is 1. The first kappa shape index (κ1) is 20.7. The summed E-state index contributed by atoms with van der Waals surface area (Å²) < 4.78 is 16.3. The Hall–Kier alpha value is -3.06. The van der Waals surface area contributed by atoms with Crippen molar-refractivity contribution in [2.75, 3.05) is 26.9 Å². The number of carbonyl (C=O) groups excluding carboxylic acids is 2. The van der Waals surface area contributed by atoms with Crippen molar-refractivity contribution < 1.29 is 28.6 Å². The highest BCUT2D eigenvalue weighted by atomic mass is 16.5. The van der Waals surface area contributed by atoms with E-state index in [0.29, 0.717) is 23.7 Å². The maximum atomic E-state index is 13.1. The molecular formula is C22H25NO6. The molecule has 7 heteroatoms. The summed E-state index contributed by atoms with van der Waals surface area (Å²) >= 11 is 0. The Kier molecular flexibility index (Phi) is 6.39. The van der Waals surface area contributed by atoms with Crippen molar-refractivity contribution in [1.82, 2.24) is 4.90 Å². The number of carbonyl (C=O) groups is 2. The molecule has 0 fully saturated rings. The molecule has 1 atom stereocenters. The van der Waals surface area contributed by atoms with Crippen LogP contribution in [0, 0.1) is 6.92 Å². The molecule has 0 saturated heterocycles. The van der Waals surface area contributed by atoms with Gasteiger partial charge in [0.25, 0.3) is 5.91 Å². The van der Waals surface area contributed by atoms with E-state index in [-0.39, 0.29) is 24.5 Å². The monoisotopic (exact) mass is 399 g/mol. The van der Waals surface area contributed by atoms with Gasteiger partial charge in [0.2, 0.25) is 5.78 Å². The third-order valence-corrected chi connectivity index (χ3v) is 4.70. The molecule has 2 heterocycles. The maximum absolute atomic E-state index is 13.1. The Morgan fingerprint density at radius 1 is 1.24 bits per heavy atom. The summed E-state index contributed by atoms with van der Waals surface area (Å²) in [5, 5.41) is 10.6. The number of hydrogen-bond donors (Lipinski definition) is 1. The van der Waals surface area contributed by atoms with E-state index in [4.69, 9.17) is 13.9 Å². The molecule has 154 valence electrons. The normalized spacial score (nSPS) is 16.6. The van der Waals surface area contributed by atoms with Gasteiger partial charge in [-0.2, -0.15) is 0 Å². The maximum Gasteiger partial charge on any atom is 0.290 e. The molecule has 0 bridgehead atoms. The van der Waals surface area contributed by atoms with Gasteiger partial charge in [0, 0.05) is 13.7 Å². The summed E-state index contributed by atoms with van der Waals surface area (Å²) in [6, 6.07) is 9.64. The number of aliphatic hydroxyl groups is 1. The predicted molar refractivity (Wildman–Crippen MR) is 106 cm³/mol. The number of nitrogens with zero attached hydrogens (tertiary/aromatic N) is 1. The van der Waals surface area contributed by atoms with Gasteiger partial charge in [-0.05, 0) is 43.2 Å². The van der Waals surface area contributed by atoms with Crippen LogP contribution in [0.3, 0.4) is 0 Å². The van der Waals surface area contributed by atoms with E-state index in [1.807, 2.05) is 13.0 Å². The number of benzene rings is 1. The highest BCUT2D eigenvalue weighted by Gasteiger charge is 2.44. The van der Waals surface area contributed by atoms with Crippen molar-refractivity contribution in [3.05, 3.63) is 64.8 Å². The van der Waals surface area contributed by atoms with Crippen LogP contribution in [0.25, 0.3) is 0 Å². The number of ether oxygens (including phenoxy) is 2. The lowest BCUT2D eigenvalue weighted by Gasteiger charge is -2.26. The summed E-state index contributed by atoms with van der Waals surface area (Å²) in [5.41, 5.74) is 0.659. The SMILES string of the molecule is CCCOc1cccc(C2C(C(=O)c3ccc(C)o3)=C(O)C(=O)N2CCOC)c1. The summed E-state index contributed by atoms with van der Waals surface area (Å²) in [6.07, 6.45) is 0.856. The van der Waals surface area contributed by atoms with Crippen molar-refractivity contribution in [3.8, 4) is 5.75 Å². The lowest BCUT2D eigenvalue weighted by atomic mass is 9.95. The van der Waals surface area contributed by atoms with Gasteiger partial charge in [-0.25, -0.2) is 0 Å². The second kappa shape index (κ2) is 8.96. The molecule has 1 aliphatic heterocycles. The van der Waals surface area contributed by atoms with Gasteiger partial charge in [0.15, 0.2) is 11.5 Å². The van der Waals surface area contributed by atoms with Crippen LogP contribution in [0.2, 0.25) is 0 Å². The fourth-order valence-corrected chi connectivity index (χ4v) is 3.34. The summed E-state index contributed by atoms with van der Waals surface area (Å²) in [6.45, 7) is 4.77. The van der Waals surface area contributed by atoms with Gasteiger partial charge in [0.05, 0.1) is 24.8 Å². The molecular weight excluding hydrogens is 374 g/mol. The van der Waals surface area contributed by atoms with E-state index < -0.39 is 23.5 Å². The zero-order valence-electron chi connectivity index (χ0n) is 16.8. The standard InChI is InChI=1S/C22H25NO6/c1-4-11-28-16-7-5-6-15(13-16)19-18(20(24)17-9-8-14(2)29-17)21(25)22(26)23(19)10-12-27-3/h5-9,13,19,25H,4,10-12H2,1-3H3. The van der Waals surface area contributed by atoms with E-state index in [1.54, 1.807) is 31.2 Å². The van der Waals surface area contributed by atoms with E-state index >= 15 is 0 Å². The topological polar surface area (TPSA) is 89.2 Å². The third kappa shape index (κ3) is 4.19. The fourth-order valence-electron chi connectivity index (χ4n) is 3.34. The largest absolute Gasteiger partial charge is 0.503 e. The second-order valence-corrected chi connectivity index (χ2v) is 6.82. The molecule has 0 aliphatic carbocycles. The Morgan fingerprint density at radius 3 is 2.69 bits per heavy atom. The minimum atomic E-state index is -0.763. The zero-order chi connectivity index (χ0) is 21.0. The lowest BCUT2D eigenvalue weighted by molar-refractivity contribution is -0.130. The Bertz CT molecular complexity index is 929. The van der Waals surface area contributed by atoms with E-state index in [2.05, 4.69) is 0 Å². The minimum absolute atomic E-state index is 0.00639. The average molecular weight is 399 g/mol. The van der Waals surface area contributed by atoms with E-state index in [0.717, 1.165) is 6.42 Å². The van der Waals surface area contributed by atoms with Crippen LogP contribution >= 0.6 is 0 Å². The first-order valence-electron chi connectivity index (χ1n) is 9.54. The molecule has 2 aromatic rings. The molecule has 1 aliphatic rings. The van der Waals surface area contributed by atoms with Crippen LogP contribution in [0.1, 0.15) is 41.3 Å². The van der Waals surface area contributed by atoms with Crippen molar-refractivity contribution >= 4 is 11.7 Å². The average Bonchev–Trinajstić information content (AvgIpc) is 3.26. The number of Topliss-reactive ketones (excluding diaryl/α,β-unsaturated/α-hetero) is 1. The van der Waals surface area contributed by atoms with Crippen LogP contribution in [0.4, 0.5) is 0 Å². The highest BCUT2D eigenvalue weighted by molar-refractivity contribution is 6.15. The number of amides is 1. The van der Waals surface area contributed by atoms with Crippen molar-refractivity contribution in [3.63, 3.8) is 0 Å². The molecule has 0 spiro atoms. The number of methoxy groups -OCH3 is 1. The second-order valence-electron chi connectivity index (χ2n) is 6.82. The van der Waals surface area contributed by atoms with Gasteiger partial charge in [0.1, 0.15) is 11.5 Å². The first-order valence-corrected chi connectivity index (χ1v) is 9.54. The summed E-state index contributed by atoms with van der Waals surface area (Å²) in [4.78, 5) is 27.3. The molecule has 29 heavy (non-hydrogen) atoms. The molecule has 7 nitrogen and oxygen atoms in total. The van der Waals surface area contributed by atoms with Crippen molar-refractivity contribution in [2.45, 2.75) is 26.3 Å². The number of aliphatic hydroxyl groups excluding tert-OH is 1. The third-order valence-electron chi connectivity index (χ3n) is 4.70. The highest BCUT2D eigenvalue weighted by Crippen LogP contribution is 2.39. The van der Waals surface area contributed by atoms with Gasteiger partial charge in [-0.15, -0.1) is 0 Å². The quantitative estimate of drug-likeness (QED) is 0.648. The van der Waals surface area contributed by atoms with Crippen molar-refractivity contribution in [2.24, 2.45) is 0 Å². The number of rotatable bonds is 9. The molecule has 1 unspecified atom stereocenters. The summed E-state index contributed by atoms with van der Waals surface area (Å²) in [7, 11) is 1.53. The van der Waals surface area contributed by atoms with Crippen LogP contribution in [0.15, 0.2) is 52.1 Å². The minimum Gasteiger partial charge on any atom is -0.503 e. The van der Waals surface area contributed by atoms with Crippen LogP contribution < -0.4 is 4.74 Å². The van der Waals surface area contributed by atoms with Gasteiger partial charge >= 0.3 is 0 Å². The molecule has 1 aromatic heterocycles. The summed E-state index contributed by atoms with van der Waals surface area (Å²) in [5.74, 6) is -0.415. The van der Waals surface area contributed by atoms with Crippen LogP contribution in [-0.2, 0) is 9.53 Å². The molecule has 0 saturated carbocycles. The van der Waals surface area contributed by atoms with E-state index in [1.165, 1.54) is 18.1 Å². The fraction of sp³-hybridized carbons (Fsp3) is 0.364. The molecule has 1 amide bonds. The Labute approximate surface area is 169 Å². The van der Waals surface area contributed by atoms with Crippen LogP contribution in [0.5, 0.6) is 5.75 Å². The van der Waals surface area contributed by atoms with Crippen LogP contribution in [-0.4, -0.2) is 48.6 Å². The molecule has 3 rings (SSSR count). The molecule has 1 N–H and O–H groups in total. The number of aryl methyl sites for hydroxylation is 1. The number of hydrogen-bond acceptors (Lipinski definition) is 6. The zero-order valence-corrected chi connectivity index (χ0v) is 16.8. The Morgan fingerprint density at radius 2 is 2.03 bits per heavy atom. The van der Waals surface area contributed by atoms with Gasteiger partial charge in [-0.1, -0.05) is 19.1 Å². The first-order chi connectivity index (χ1) is 14.0. The van der Waals surface area contributed by atoms with E-state index in [9.17, 15) is 14.7 Å². The van der Waals surface area contributed by atoms with Crippen molar-refractivity contribution in [1.29, 1.82) is 0 Å². The number of furan rings is 1. The smallest absolute Gasteiger partial charge is 0.290 e. The predicted octanol–water partition coefficient (Wildman–Crippen LogP) is 3.60. The van der Waals surface area contributed by atoms with Gasteiger partial charge in [-0.3, -0.25) is 9.59 Å². The van der Waals surface area contributed by atoms with Gasteiger partial charge < -0.3 is 23.9 Å². The lowest BCUT2D eigenvalue weighted by Crippen LogP contribution is -2.34. The molecule has 1 aromatic carbocycles.